The number of tetrazole rings is 1. The van der Waals surface area contributed by atoms with Crippen molar-refractivity contribution in [3.63, 3.8) is 0 Å². The lowest BCUT2D eigenvalue weighted by molar-refractivity contribution is -0.113. The van der Waals surface area contributed by atoms with Crippen molar-refractivity contribution in [3.05, 3.63) is 58.6 Å². The average Bonchev–Trinajstić information content (AvgIpc) is 3.00. The smallest absolute Gasteiger partial charge is 0.234 e. The number of nitrogens with one attached hydrogen (secondary N) is 1. The first kappa shape index (κ1) is 17.4. The highest BCUT2D eigenvalue weighted by atomic mass is 35.5. The third-order valence-electron chi connectivity index (χ3n) is 3.33. The number of nitrogens with zero attached hydrogens (tertiary/aromatic N) is 4. The van der Waals surface area contributed by atoms with Crippen LogP contribution in [-0.2, 0) is 4.79 Å². The van der Waals surface area contributed by atoms with E-state index >= 15 is 0 Å². The number of amides is 1. The van der Waals surface area contributed by atoms with E-state index in [1.165, 1.54) is 11.8 Å². The number of aromatic nitrogens is 4. The van der Waals surface area contributed by atoms with Gasteiger partial charge in [0.05, 0.1) is 11.4 Å². The van der Waals surface area contributed by atoms with Crippen LogP contribution in [-0.4, -0.2) is 31.9 Å². The summed E-state index contributed by atoms with van der Waals surface area (Å²) in [5.74, 6) is 0.0414. The van der Waals surface area contributed by atoms with E-state index in [0.717, 1.165) is 16.8 Å². The number of aryl methyl sites for hydroxylation is 2. The van der Waals surface area contributed by atoms with Gasteiger partial charge in [-0.2, -0.15) is 4.68 Å². The number of rotatable bonds is 5. The van der Waals surface area contributed by atoms with Crippen molar-refractivity contribution in [1.82, 2.24) is 20.2 Å². The van der Waals surface area contributed by atoms with Gasteiger partial charge in [-0.15, -0.1) is 5.10 Å². The summed E-state index contributed by atoms with van der Waals surface area (Å²) < 4.78 is 1.64. The highest BCUT2D eigenvalue weighted by Gasteiger charge is 2.12. The molecule has 1 heterocycles. The number of hydrogen-bond acceptors (Lipinski definition) is 5. The molecule has 0 fully saturated rings. The molecular formula is C17H16ClN5OS. The standard InChI is InChI=1S/C17H16ClN5OS/c1-11-6-12(2)8-15(7-11)23-17(20-21-22-23)25-10-16(24)19-14-5-3-4-13(18)9-14/h3-9H,10H2,1-2H3,(H,19,24). The fourth-order valence-corrected chi connectivity index (χ4v) is 3.28. The number of carbonyl (C=O) groups excluding carboxylic acids is 1. The monoisotopic (exact) mass is 373 g/mol. The molecule has 3 rings (SSSR count). The van der Waals surface area contributed by atoms with Crippen LogP contribution in [0.2, 0.25) is 5.02 Å². The third kappa shape index (κ3) is 4.58. The van der Waals surface area contributed by atoms with Crippen molar-refractivity contribution in [2.24, 2.45) is 0 Å². The topological polar surface area (TPSA) is 72.7 Å². The van der Waals surface area contributed by atoms with E-state index in [2.05, 4.69) is 26.9 Å². The van der Waals surface area contributed by atoms with Gasteiger partial charge in [-0.1, -0.05) is 35.5 Å². The average molecular weight is 374 g/mol. The normalized spacial score (nSPS) is 10.7. The molecule has 0 aliphatic heterocycles. The van der Waals surface area contributed by atoms with Crippen LogP contribution in [0.3, 0.4) is 0 Å². The molecule has 0 saturated heterocycles. The van der Waals surface area contributed by atoms with Gasteiger partial charge in [-0.25, -0.2) is 0 Å². The zero-order valence-electron chi connectivity index (χ0n) is 13.7. The highest BCUT2D eigenvalue weighted by molar-refractivity contribution is 7.99. The Balaban J connectivity index is 1.68. The lowest BCUT2D eigenvalue weighted by atomic mass is 10.1. The lowest BCUT2D eigenvalue weighted by Gasteiger charge is -2.07. The predicted octanol–water partition coefficient (Wildman–Crippen LogP) is 3.66. The Bertz CT molecular complexity index is 891. The van der Waals surface area contributed by atoms with Gasteiger partial charge in [0, 0.05) is 10.7 Å². The summed E-state index contributed by atoms with van der Waals surface area (Å²) in [4.78, 5) is 12.1. The Kier molecular flexibility index (Phi) is 5.35. The number of hydrogen-bond donors (Lipinski definition) is 1. The Labute approximate surface area is 154 Å². The van der Waals surface area contributed by atoms with Crippen molar-refractivity contribution < 1.29 is 4.79 Å². The minimum atomic E-state index is -0.151. The molecule has 1 N–H and O–H groups in total. The second kappa shape index (κ2) is 7.67. The molecule has 0 radical (unpaired) electrons. The van der Waals surface area contributed by atoms with Gasteiger partial charge < -0.3 is 5.32 Å². The van der Waals surface area contributed by atoms with Gasteiger partial charge in [0.1, 0.15) is 0 Å². The van der Waals surface area contributed by atoms with Crippen LogP contribution >= 0.6 is 23.4 Å². The fourth-order valence-electron chi connectivity index (χ4n) is 2.40. The first-order valence-corrected chi connectivity index (χ1v) is 8.93. The molecular weight excluding hydrogens is 358 g/mol. The maximum absolute atomic E-state index is 12.1. The van der Waals surface area contributed by atoms with E-state index in [4.69, 9.17) is 11.6 Å². The maximum Gasteiger partial charge on any atom is 0.234 e. The van der Waals surface area contributed by atoms with Crippen molar-refractivity contribution >= 4 is 35.0 Å². The molecule has 0 spiro atoms. The molecule has 25 heavy (non-hydrogen) atoms. The quantitative estimate of drug-likeness (QED) is 0.691. The SMILES string of the molecule is Cc1cc(C)cc(-n2nnnc2SCC(=O)Nc2cccc(Cl)c2)c1. The Morgan fingerprint density at radius 1 is 1.20 bits per heavy atom. The molecule has 0 atom stereocenters. The van der Waals surface area contributed by atoms with E-state index in [0.29, 0.717) is 15.9 Å². The number of anilines is 1. The van der Waals surface area contributed by atoms with E-state index in [9.17, 15) is 4.79 Å². The first-order valence-electron chi connectivity index (χ1n) is 7.56. The van der Waals surface area contributed by atoms with Gasteiger partial charge in [0.25, 0.3) is 0 Å². The first-order chi connectivity index (χ1) is 12.0. The number of benzene rings is 2. The molecule has 0 saturated carbocycles. The molecule has 0 aliphatic carbocycles. The van der Waals surface area contributed by atoms with Crippen molar-refractivity contribution in [2.45, 2.75) is 19.0 Å². The molecule has 8 heteroatoms. The van der Waals surface area contributed by atoms with Crippen LogP contribution in [0.5, 0.6) is 0 Å². The largest absolute Gasteiger partial charge is 0.325 e. The second-order valence-electron chi connectivity index (χ2n) is 5.57. The Morgan fingerprint density at radius 2 is 1.96 bits per heavy atom. The molecule has 128 valence electrons. The molecule has 0 bridgehead atoms. The summed E-state index contributed by atoms with van der Waals surface area (Å²) >= 11 is 7.19. The summed E-state index contributed by atoms with van der Waals surface area (Å²) in [7, 11) is 0. The molecule has 0 aliphatic rings. The molecule has 2 aromatic carbocycles. The maximum atomic E-state index is 12.1. The third-order valence-corrected chi connectivity index (χ3v) is 4.49. The van der Waals surface area contributed by atoms with E-state index in [1.54, 1.807) is 28.9 Å². The number of thioether (sulfide) groups is 1. The molecule has 0 unspecified atom stereocenters. The van der Waals surface area contributed by atoms with Crippen LogP contribution in [0.25, 0.3) is 5.69 Å². The predicted molar refractivity (Wildman–Crippen MR) is 99.4 cm³/mol. The van der Waals surface area contributed by atoms with Crippen molar-refractivity contribution in [2.75, 3.05) is 11.1 Å². The lowest BCUT2D eigenvalue weighted by Crippen LogP contribution is -2.14. The summed E-state index contributed by atoms with van der Waals surface area (Å²) in [6.07, 6.45) is 0. The molecule has 1 aromatic heterocycles. The summed E-state index contributed by atoms with van der Waals surface area (Å²) in [6.45, 7) is 4.04. The minimum absolute atomic E-state index is 0.151. The fraction of sp³-hybridized carbons (Fsp3) is 0.176. The summed E-state index contributed by atoms with van der Waals surface area (Å²) in [5.41, 5.74) is 3.78. The zero-order chi connectivity index (χ0) is 17.8. The highest BCUT2D eigenvalue weighted by Crippen LogP contribution is 2.21. The van der Waals surface area contributed by atoms with Crippen molar-refractivity contribution in [3.8, 4) is 5.69 Å². The zero-order valence-corrected chi connectivity index (χ0v) is 15.3. The summed E-state index contributed by atoms with van der Waals surface area (Å²) in [6, 6.07) is 13.1. The van der Waals surface area contributed by atoms with Crippen LogP contribution in [0.1, 0.15) is 11.1 Å². The van der Waals surface area contributed by atoms with E-state index in [1.807, 2.05) is 26.0 Å². The van der Waals surface area contributed by atoms with Gasteiger partial charge in [0.15, 0.2) is 0 Å². The molecule has 3 aromatic rings. The second-order valence-corrected chi connectivity index (χ2v) is 6.95. The molecule has 1 amide bonds. The minimum Gasteiger partial charge on any atom is -0.325 e. The Morgan fingerprint density at radius 3 is 2.68 bits per heavy atom. The number of carbonyl (C=O) groups is 1. The van der Waals surface area contributed by atoms with Gasteiger partial charge in [-0.05, 0) is 65.7 Å². The van der Waals surface area contributed by atoms with Crippen LogP contribution < -0.4 is 5.32 Å². The van der Waals surface area contributed by atoms with Gasteiger partial charge in [-0.3, -0.25) is 4.79 Å². The van der Waals surface area contributed by atoms with Gasteiger partial charge in [0.2, 0.25) is 11.1 Å². The van der Waals surface area contributed by atoms with E-state index < -0.39 is 0 Å². The summed E-state index contributed by atoms with van der Waals surface area (Å²) in [5, 5.41) is 15.7. The van der Waals surface area contributed by atoms with Crippen molar-refractivity contribution in [1.29, 1.82) is 0 Å². The van der Waals surface area contributed by atoms with Crippen LogP contribution in [0, 0.1) is 13.8 Å². The van der Waals surface area contributed by atoms with E-state index in [-0.39, 0.29) is 11.7 Å². The Hall–Kier alpha value is -2.38. The number of halogens is 1. The van der Waals surface area contributed by atoms with Gasteiger partial charge >= 0.3 is 0 Å². The molecule has 6 nitrogen and oxygen atoms in total. The van der Waals surface area contributed by atoms with Crippen LogP contribution in [0.15, 0.2) is 47.6 Å². The van der Waals surface area contributed by atoms with Crippen LogP contribution in [0.4, 0.5) is 5.69 Å².